The molecule has 0 saturated carbocycles. The van der Waals surface area contributed by atoms with Crippen molar-refractivity contribution in [3.63, 3.8) is 0 Å². The van der Waals surface area contributed by atoms with Crippen LogP contribution >= 0.6 is 11.3 Å². The minimum Gasteiger partial charge on any atom is -0.296 e. The Balaban J connectivity index is 1.65. The topological polar surface area (TPSA) is 120 Å². The molecule has 166 valence electrons. The SMILES string of the molecule is Cc1cc(=O)c(C(=O)Nc2nc(-c3ccc(F)c(F)c3)cs2)nn1-c1ccccc1[N+](=O)[O-]. The molecule has 12 heteroatoms. The zero-order chi connectivity index (χ0) is 23.7. The number of rotatable bonds is 5. The number of carbonyl (C=O) groups excluding carboxylic acids is 1. The number of nitrogens with zero attached hydrogens (tertiary/aromatic N) is 4. The van der Waals surface area contributed by atoms with Gasteiger partial charge in [0.15, 0.2) is 22.5 Å². The molecule has 33 heavy (non-hydrogen) atoms. The molecule has 0 aliphatic rings. The zero-order valence-electron chi connectivity index (χ0n) is 16.8. The zero-order valence-corrected chi connectivity index (χ0v) is 17.6. The van der Waals surface area contributed by atoms with Crippen LogP contribution in [0.1, 0.15) is 16.2 Å². The first-order valence-electron chi connectivity index (χ1n) is 9.31. The first kappa shape index (κ1) is 21.9. The fourth-order valence-electron chi connectivity index (χ4n) is 3.02. The summed E-state index contributed by atoms with van der Waals surface area (Å²) in [4.78, 5) is 40.1. The van der Waals surface area contributed by atoms with E-state index in [9.17, 15) is 28.5 Å². The molecule has 0 bridgehead atoms. The molecule has 1 N–H and O–H groups in total. The van der Waals surface area contributed by atoms with Gasteiger partial charge in [-0.05, 0) is 31.2 Å². The Kier molecular flexibility index (Phi) is 5.75. The number of hydrogen-bond donors (Lipinski definition) is 1. The summed E-state index contributed by atoms with van der Waals surface area (Å²) in [6, 6.07) is 10.2. The molecule has 2 heterocycles. The third-order valence-corrected chi connectivity index (χ3v) is 5.33. The lowest BCUT2D eigenvalue weighted by molar-refractivity contribution is -0.384. The van der Waals surface area contributed by atoms with Crippen LogP contribution in [0.15, 0.2) is 58.7 Å². The number of nitrogens with one attached hydrogen (secondary N) is 1. The summed E-state index contributed by atoms with van der Waals surface area (Å²) in [5.74, 6) is -2.91. The van der Waals surface area contributed by atoms with Gasteiger partial charge < -0.3 is 0 Å². The van der Waals surface area contributed by atoms with Crippen LogP contribution in [-0.2, 0) is 0 Å². The first-order chi connectivity index (χ1) is 15.7. The maximum atomic E-state index is 13.5. The summed E-state index contributed by atoms with van der Waals surface area (Å²) in [5.41, 5.74) is -0.453. The molecule has 4 rings (SSSR count). The molecule has 0 aliphatic carbocycles. The van der Waals surface area contributed by atoms with Crippen LogP contribution in [0, 0.1) is 28.7 Å². The smallest absolute Gasteiger partial charge is 0.294 e. The number of nitro groups is 1. The molecule has 0 saturated heterocycles. The third-order valence-electron chi connectivity index (χ3n) is 4.57. The van der Waals surface area contributed by atoms with Crippen molar-refractivity contribution in [2.45, 2.75) is 6.92 Å². The molecule has 1 amide bonds. The number of carbonyl (C=O) groups is 1. The minimum atomic E-state index is -1.04. The van der Waals surface area contributed by atoms with Gasteiger partial charge in [0.05, 0.1) is 10.6 Å². The van der Waals surface area contributed by atoms with Crippen LogP contribution in [0.3, 0.4) is 0 Å². The highest BCUT2D eigenvalue weighted by atomic mass is 32.1. The average molecular weight is 469 g/mol. The molecule has 2 aromatic carbocycles. The monoisotopic (exact) mass is 469 g/mol. The van der Waals surface area contributed by atoms with Crippen LogP contribution in [0.5, 0.6) is 0 Å². The van der Waals surface area contributed by atoms with Gasteiger partial charge in [-0.1, -0.05) is 12.1 Å². The van der Waals surface area contributed by atoms with Crippen LogP contribution in [0.4, 0.5) is 19.6 Å². The van der Waals surface area contributed by atoms with Gasteiger partial charge >= 0.3 is 0 Å². The van der Waals surface area contributed by atoms with E-state index in [0.29, 0.717) is 17.0 Å². The fraction of sp³-hybridized carbons (Fsp3) is 0.0476. The molecule has 0 fully saturated rings. The van der Waals surface area contributed by atoms with Gasteiger partial charge in [-0.15, -0.1) is 11.3 Å². The number of thiazole rings is 1. The van der Waals surface area contributed by atoms with E-state index in [-0.39, 0.29) is 16.5 Å². The van der Waals surface area contributed by atoms with Crippen molar-refractivity contribution in [2.24, 2.45) is 0 Å². The highest BCUT2D eigenvalue weighted by Crippen LogP contribution is 2.26. The van der Waals surface area contributed by atoms with Crippen LogP contribution in [-0.4, -0.2) is 25.6 Å². The van der Waals surface area contributed by atoms with E-state index in [4.69, 9.17) is 0 Å². The van der Waals surface area contributed by atoms with E-state index in [2.05, 4.69) is 15.4 Å². The van der Waals surface area contributed by atoms with Crippen molar-refractivity contribution >= 4 is 28.1 Å². The van der Waals surface area contributed by atoms with E-state index >= 15 is 0 Å². The molecule has 4 aromatic rings. The van der Waals surface area contributed by atoms with E-state index in [0.717, 1.165) is 34.2 Å². The number of hydrogen-bond acceptors (Lipinski definition) is 7. The number of para-hydroxylation sites is 2. The van der Waals surface area contributed by atoms with Crippen molar-refractivity contribution in [1.82, 2.24) is 14.8 Å². The molecule has 0 spiro atoms. The van der Waals surface area contributed by atoms with E-state index in [1.165, 1.54) is 36.6 Å². The van der Waals surface area contributed by atoms with Crippen LogP contribution in [0.25, 0.3) is 16.9 Å². The van der Waals surface area contributed by atoms with Crippen molar-refractivity contribution in [3.8, 4) is 16.9 Å². The van der Waals surface area contributed by atoms with Gasteiger partial charge in [0.25, 0.3) is 11.6 Å². The van der Waals surface area contributed by atoms with Crippen LogP contribution < -0.4 is 10.7 Å². The molecule has 2 aromatic heterocycles. The standard InChI is InChI=1S/C21H13F2N5O4S/c1-11-8-18(29)19(26-27(11)16-4-2-3-5-17(16)28(31)32)20(30)25-21-24-15(10-33-21)12-6-7-13(22)14(23)9-12/h2-10H,1H3,(H,24,25,30). The molecular formula is C21H13F2N5O4S. The largest absolute Gasteiger partial charge is 0.296 e. The Morgan fingerprint density at radius 3 is 2.64 bits per heavy atom. The fourth-order valence-corrected chi connectivity index (χ4v) is 3.74. The maximum Gasteiger partial charge on any atom is 0.294 e. The second-order valence-electron chi connectivity index (χ2n) is 6.78. The molecule has 9 nitrogen and oxygen atoms in total. The number of aryl methyl sites for hydroxylation is 1. The molecule has 0 unspecified atom stereocenters. The highest BCUT2D eigenvalue weighted by Gasteiger charge is 2.21. The summed E-state index contributed by atoms with van der Waals surface area (Å²) in [5, 5.41) is 19.5. The Labute approximate surface area is 188 Å². The van der Waals surface area contributed by atoms with Crippen molar-refractivity contribution < 1.29 is 18.5 Å². The predicted octanol–water partition coefficient (Wildman–Crippen LogP) is 4.10. The number of anilines is 1. The van der Waals surface area contributed by atoms with Gasteiger partial charge in [-0.2, -0.15) is 5.10 Å². The first-order valence-corrected chi connectivity index (χ1v) is 10.2. The van der Waals surface area contributed by atoms with Gasteiger partial charge in [0.2, 0.25) is 5.43 Å². The number of halogens is 2. The van der Waals surface area contributed by atoms with Gasteiger partial charge in [-0.25, -0.2) is 18.4 Å². The summed E-state index contributed by atoms with van der Waals surface area (Å²) in [6.45, 7) is 1.53. The summed E-state index contributed by atoms with van der Waals surface area (Å²) in [6.07, 6.45) is 0. The highest BCUT2D eigenvalue weighted by molar-refractivity contribution is 7.14. The summed E-state index contributed by atoms with van der Waals surface area (Å²) in [7, 11) is 0. The second-order valence-corrected chi connectivity index (χ2v) is 7.64. The molecule has 0 atom stereocenters. The van der Waals surface area contributed by atoms with E-state index in [1.54, 1.807) is 6.07 Å². The lowest BCUT2D eigenvalue weighted by Crippen LogP contribution is -2.27. The quantitative estimate of drug-likeness (QED) is 0.347. The second kappa shape index (κ2) is 8.67. The van der Waals surface area contributed by atoms with E-state index < -0.39 is 33.6 Å². The summed E-state index contributed by atoms with van der Waals surface area (Å²) < 4.78 is 27.8. The summed E-state index contributed by atoms with van der Waals surface area (Å²) >= 11 is 1.01. The molecular weight excluding hydrogens is 456 g/mol. The van der Waals surface area contributed by atoms with Crippen LogP contribution in [0.2, 0.25) is 0 Å². The lowest BCUT2D eigenvalue weighted by Gasteiger charge is -2.11. The number of aromatic nitrogens is 3. The average Bonchev–Trinajstić information content (AvgIpc) is 3.24. The maximum absolute atomic E-state index is 13.5. The third kappa shape index (κ3) is 4.36. The Bertz CT molecular complexity index is 1470. The molecule has 0 radical (unpaired) electrons. The van der Waals surface area contributed by atoms with E-state index in [1.807, 2.05) is 0 Å². The minimum absolute atomic E-state index is 0.0870. The van der Waals surface area contributed by atoms with Crippen molar-refractivity contribution in [1.29, 1.82) is 0 Å². The van der Waals surface area contributed by atoms with Gasteiger partial charge in [-0.3, -0.25) is 25.0 Å². The van der Waals surface area contributed by atoms with Crippen molar-refractivity contribution in [3.05, 3.63) is 97.3 Å². The number of nitro benzene ring substituents is 1. The molecule has 0 aliphatic heterocycles. The Morgan fingerprint density at radius 1 is 1.15 bits per heavy atom. The lowest BCUT2D eigenvalue weighted by atomic mass is 10.2. The van der Waals surface area contributed by atoms with Gasteiger partial charge in [0.1, 0.15) is 5.69 Å². The number of benzene rings is 2. The Morgan fingerprint density at radius 2 is 1.91 bits per heavy atom. The Hall–Kier alpha value is -4.32. The van der Waals surface area contributed by atoms with Crippen molar-refractivity contribution in [2.75, 3.05) is 5.32 Å². The van der Waals surface area contributed by atoms with Gasteiger partial charge in [0, 0.05) is 28.8 Å². The predicted molar refractivity (Wildman–Crippen MR) is 117 cm³/mol. The normalized spacial score (nSPS) is 10.8. The number of amides is 1.